The number of aryl methyl sites for hydroxylation is 1. The minimum atomic E-state index is -4.60. The van der Waals surface area contributed by atoms with Gasteiger partial charge >= 0.3 is 6.18 Å². The lowest BCUT2D eigenvalue weighted by molar-refractivity contribution is -0.137. The number of carbonyl (C=O) groups excluding carboxylic acids is 1. The van der Waals surface area contributed by atoms with E-state index < -0.39 is 27.7 Å². The first-order valence-corrected chi connectivity index (χ1v) is 11.3. The highest BCUT2D eigenvalue weighted by atomic mass is 35.5. The second-order valence-corrected chi connectivity index (χ2v) is 9.07. The quantitative estimate of drug-likeness (QED) is 0.451. The number of anilines is 2. The molecular weight excluding hydrogens is 481 g/mol. The van der Waals surface area contributed by atoms with E-state index in [1.165, 1.54) is 30.3 Å². The predicted octanol–water partition coefficient (Wildman–Crippen LogP) is 5.49. The predicted molar refractivity (Wildman–Crippen MR) is 119 cm³/mol. The summed E-state index contributed by atoms with van der Waals surface area (Å²) in [7, 11) is -4.14. The molecule has 3 rings (SSSR count). The fourth-order valence-electron chi connectivity index (χ4n) is 2.79. The summed E-state index contributed by atoms with van der Waals surface area (Å²) in [5.74, 6) is -0.195. The van der Waals surface area contributed by atoms with Crippen LogP contribution in [0, 0.1) is 6.92 Å². The van der Waals surface area contributed by atoms with Crippen LogP contribution in [0.15, 0.2) is 71.6 Å². The third kappa shape index (κ3) is 6.62. The Bertz CT molecular complexity index is 1260. The van der Waals surface area contributed by atoms with E-state index in [1.54, 1.807) is 25.1 Å². The number of amides is 1. The second-order valence-electron chi connectivity index (χ2n) is 6.95. The first-order chi connectivity index (χ1) is 15.4. The third-order valence-corrected chi connectivity index (χ3v) is 6.04. The van der Waals surface area contributed by atoms with E-state index in [4.69, 9.17) is 16.3 Å². The van der Waals surface area contributed by atoms with Gasteiger partial charge in [-0.25, -0.2) is 8.42 Å². The van der Waals surface area contributed by atoms with E-state index in [1.807, 2.05) is 0 Å². The summed E-state index contributed by atoms with van der Waals surface area (Å²) < 4.78 is 71.0. The van der Waals surface area contributed by atoms with Crippen LogP contribution in [0.2, 0.25) is 5.02 Å². The molecule has 2 N–H and O–H groups in total. The van der Waals surface area contributed by atoms with Crippen molar-refractivity contribution in [1.29, 1.82) is 0 Å². The smallest absolute Gasteiger partial charge is 0.416 e. The molecule has 33 heavy (non-hydrogen) atoms. The number of hydrogen-bond acceptors (Lipinski definition) is 4. The fraction of sp³-hybridized carbons (Fsp3) is 0.136. The van der Waals surface area contributed by atoms with Crippen molar-refractivity contribution in [1.82, 2.24) is 0 Å². The Kier molecular flexibility index (Phi) is 7.19. The monoisotopic (exact) mass is 498 g/mol. The average molecular weight is 499 g/mol. The van der Waals surface area contributed by atoms with Gasteiger partial charge in [0.2, 0.25) is 0 Å². The van der Waals surface area contributed by atoms with Gasteiger partial charge in [-0.05, 0) is 73.2 Å². The van der Waals surface area contributed by atoms with Crippen molar-refractivity contribution in [3.05, 3.63) is 82.9 Å². The zero-order valence-corrected chi connectivity index (χ0v) is 18.7. The molecule has 0 heterocycles. The van der Waals surface area contributed by atoms with Gasteiger partial charge in [-0.1, -0.05) is 17.7 Å². The molecule has 0 saturated carbocycles. The number of rotatable bonds is 7. The van der Waals surface area contributed by atoms with Gasteiger partial charge in [0.1, 0.15) is 5.75 Å². The highest BCUT2D eigenvalue weighted by Gasteiger charge is 2.30. The highest BCUT2D eigenvalue weighted by Crippen LogP contribution is 2.31. The molecule has 0 spiro atoms. The van der Waals surface area contributed by atoms with Crippen LogP contribution < -0.4 is 14.8 Å². The van der Waals surface area contributed by atoms with Crippen molar-refractivity contribution in [3.63, 3.8) is 0 Å². The summed E-state index contributed by atoms with van der Waals surface area (Å²) in [4.78, 5) is 11.9. The van der Waals surface area contributed by atoms with E-state index in [9.17, 15) is 26.4 Å². The van der Waals surface area contributed by atoms with E-state index in [0.29, 0.717) is 16.8 Å². The minimum absolute atomic E-state index is 0.187. The number of ether oxygens (including phenoxy) is 1. The zero-order chi connectivity index (χ0) is 24.2. The Balaban J connectivity index is 1.61. The van der Waals surface area contributed by atoms with Crippen molar-refractivity contribution >= 4 is 38.9 Å². The Labute approximate surface area is 193 Å². The second kappa shape index (κ2) is 9.72. The van der Waals surface area contributed by atoms with E-state index in [2.05, 4.69) is 10.0 Å². The van der Waals surface area contributed by atoms with Gasteiger partial charge in [0.15, 0.2) is 6.61 Å². The van der Waals surface area contributed by atoms with Gasteiger partial charge in [-0.3, -0.25) is 9.52 Å². The standard InChI is InChI=1S/C22H18ClF3N2O4S/c1-14-11-16(23)5-10-20(14)27-21(29)13-32-18-6-8-19(9-7-18)33(30,31)28-17-4-2-3-15(12-17)22(24,25)26/h2-12,28H,13H2,1H3,(H,27,29). The van der Waals surface area contributed by atoms with Crippen LogP contribution in [-0.4, -0.2) is 20.9 Å². The lowest BCUT2D eigenvalue weighted by Crippen LogP contribution is -2.20. The zero-order valence-electron chi connectivity index (χ0n) is 17.1. The number of halogens is 4. The van der Waals surface area contributed by atoms with Crippen LogP contribution in [0.25, 0.3) is 0 Å². The van der Waals surface area contributed by atoms with Gasteiger partial charge in [-0.2, -0.15) is 13.2 Å². The maximum Gasteiger partial charge on any atom is 0.416 e. The molecule has 0 aliphatic carbocycles. The number of sulfonamides is 1. The number of benzene rings is 3. The van der Waals surface area contributed by atoms with Crippen LogP contribution in [-0.2, 0) is 21.0 Å². The van der Waals surface area contributed by atoms with E-state index in [0.717, 1.165) is 17.7 Å². The Morgan fingerprint density at radius 2 is 1.73 bits per heavy atom. The summed E-state index contributed by atoms with van der Waals surface area (Å²) in [6.45, 7) is 1.46. The lowest BCUT2D eigenvalue weighted by atomic mass is 10.2. The molecule has 0 aliphatic heterocycles. The molecule has 3 aromatic rings. The van der Waals surface area contributed by atoms with Crippen molar-refractivity contribution in [3.8, 4) is 5.75 Å². The maximum atomic E-state index is 12.8. The van der Waals surface area contributed by atoms with Crippen LogP contribution in [0.4, 0.5) is 24.5 Å². The number of hydrogen-bond donors (Lipinski definition) is 2. The number of alkyl halides is 3. The maximum absolute atomic E-state index is 12.8. The van der Waals surface area contributed by atoms with Crippen LogP contribution in [0.1, 0.15) is 11.1 Å². The highest BCUT2D eigenvalue weighted by molar-refractivity contribution is 7.92. The Morgan fingerprint density at radius 3 is 2.36 bits per heavy atom. The van der Waals surface area contributed by atoms with E-state index in [-0.39, 0.29) is 22.9 Å². The molecule has 0 bridgehead atoms. The average Bonchev–Trinajstić information content (AvgIpc) is 2.74. The largest absolute Gasteiger partial charge is 0.484 e. The minimum Gasteiger partial charge on any atom is -0.484 e. The number of carbonyl (C=O) groups is 1. The molecule has 174 valence electrons. The van der Waals surface area contributed by atoms with E-state index >= 15 is 0 Å². The normalized spacial score (nSPS) is 11.7. The first-order valence-electron chi connectivity index (χ1n) is 9.43. The van der Waals surface area contributed by atoms with Gasteiger partial charge in [0, 0.05) is 16.4 Å². The fourth-order valence-corrected chi connectivity index (χ4v) is 4.07. The van der Waals surface area contributed by atoms with Crippen LogP contribution in [0.5, 0.6) is 5.75 Å². The molecule has 3 aromatic carbocycles. The lowest BCUT2D eigenvalue weighted by Gasteiger charge is -2.12. The molecule has 0 unspecified atom stereocenters. The molecule has 0 aromatic heterocycles. The van der Waals surface area contributed by atoms with Crippen molar-refractivity contribution < 1.29 is 31.1 Å². The molecule has 1 amide bonds. The number of nitrogens with one attached hydrogen (secondary N) is 2. The summed E-state index contributed by atoms with van der Waals surface area (Å²) in [6, 6.07) is 14.0. The molecule has 0 radical (unpaired) electrons. The molecule has 11 heteroatoms. The SMILES string of the molecule is Cc1cc(Cl)ccc1NC(=O)COc1ccc(S(=O)(=O)Nc2cccc(C(F)(F)F)c2)cc1. The summed E-state index contributed by atoms with van der Waals surface area (Å²) in [5.41, 5.74) is 0.159. The van der Waals surface area contributed by atoms with Gasteiger partial charge in [-0.15, -0.1) is 0 Å². The molecule has 6 nitrogen and oxygen atoms in total. The van der Waals surface area contributed by atoms with Gasteiger partial charge in [0.25, 0.3) is 15.9 Å². The topological polar surface area (TPSA) is 84.5 Å². The summed E-state index contributed by atoms with van der Waals surface area (Å²) >= 11 is 5.88. The third-order valence-electron chi connectivity index (χ3n) is 4.41. The molecular formula is C22H18ClF3N2O4S. The van der Waals surface area contributed by atoms with Crippen molar-refractivity contribution in [2.45, 2.75) is 18.0 Å². The Hall–Kier alpha value is -3.24. The Morgan fingerprint density at radius 1 is 1.03 bits per heavy atom. The van der Waals surface area contributed by atoms with Crippen LogP contribution >= 0.6 is 11.6 Å². The molecule has 0 atom stereocenters. The molecule has 0 fully saturated rings. The van der Waals surface area contributed by atoms with Crippen molar-refractivity contribution in [2.24, 2.45) is 0 Å². The molecule has 0 saturated heterocycles. The van der Waals surface area contributed by atoms with Gasteiger partial charge in [0.05, 0.1) is 10.5 Å². The van der Waals surface area contributed by atoms with Crippen LogP contribution in [0.3, 0.4) is 0 Å². The summed E-state index contributed by atoms with van der Waals surface area (Å²) in [6.07, 6.45) is -4.60. The summed E-state index contributed by atoms with van der Waals surface area (Å²) in [5, 5.41) is 3.22. The first kappa shape index (κ1) is 24.4. The van der Waals surface area contributed by atoms with Crippen molar-refractivity contribution in [2.75, 3.05) is 16.6 Å². The van der Waals surface area contributed by atoms with Gasteiger partial charge < -0.3 is 10.1 Å². The molecule has 0 aliphatic rings.